The van der Waals surface area contributed by atoms with E-state index in [1.165, 1.54) is 0 Å². The first-order valence-electron chi connectivity index (χ1n) is 2.45. The summed E-state index contributed by atoms with van der Waals surface area (Å²) in [6, 6.07) is 0. The minimum Gasteiger partial charge on any atom is -0.377 e. The lowest BCUT2D eigenvalue weighted by molar-refractivity contribution is 0.161. The zero-order chi connectivity index (χ0) is 5.28. The third kappa shape index (κ3) is 1.87. The third-order valence-electron chi connectivity index (χ3n) is 0.985. The summed E-state index contributed by atoms with van der Waals surface area (Å²) in [5.74, 6) is 0. The van der Waals surface area contributed by atoms with E-state index in [1.54, 1.807) is 0 Å². The molecule has 1 fully saturated rings. The molecule has 3 N–H and O–H groups in total. The van der Waals surface area contributed by atoms with Crippen molar-refractivity contribution < 1.29 is 5.11 Å². The zero-order valence-electron chi connectivity index (χ0n) is 4.17. The highest BCUT2D eigenvalue weighted by Crippen LogP contribution is 2.00. The van der Waals surface area contributed by atoms with Crippen LogP contribution in [-0.4, -0.2) is 35.9 Å². The van der Waals surface area contributed by atoms with E-state index in [0.29, 0.717) is 6.54 Å². The van der Waals surface area contributed by atoms with Crippen LogP contribution in [0.3, 0.4) is 0 Å². The van der Waals surface area contributed by atoms with E-state index >= 15 is 0 Å². The van der Waals surface area contributed by atoms with Gasteiger partial charge in [-0.15, -0.1) is 0 Å². The van der Waals surface area contributed by atoms with Gasteiger partial charge in [-0.05, 0) is 0 Å². The molecule has 1 aliphatic heterocycles. The SMILES string of the molecule is NC(O)CN1CC1. The first-order chi connectivity index (χ1) is 3.29. The molecule has 7 heavy (non-hydrogen) atoms. The lowest BCUT2D eigenvalue weighted by atomic mass is 10.6. The van der Waals surface area contributed by atoms with E-state index < -0.39 is 6.23 Å². The number of rotatable bonds is 2. The van der Waals surface area contributed by atoms with Gasteiger partial charge in [-0.3, -0.25) is 4.90 Å². The van der Waals surface area contributed by atoms with E-state index in [0.717, 1.165) is 13.1 Å². The summed E-state index contributed by atoms with van der Waals surface area (Å²) in [4.78, 5) is 2.07. The minimum atomic E-state index is -0.637. The largest absolute Gasteiger partial charge is 0.377 e. The normalized spacial score (nSPS) is 24.9. The summed E-state index contributed by atoms with van der Waals surface area (Å²) in [6.07, 6.45) is -0.637. The van der Waals surface area contributed by atoms with Crippen molar-refractivity contribution in [3.63, 3.8) is 0 Å². The molecular formula is C4H10N2O. The lowest BCUT2D eigenvalue weighted by Gasteiger charge is -2.01. The summed E-state index contributed by atoms with van der Waals surface area (Å²) in [5, 5.41) is 8.50. The van der Waals surface area contributed by atoms with Crippen LogP contribution < -0.4 is 5.73 Å². The average molecular weight is 102 g/mol. The van der Waals surface area contributed by atoms with Crippen LogP contribution in [-0.2, 0) is 0 Å². The Labute approximate surface area is 42.7 Å². The molecule has 0 aliphatic carbocycles. The monoisotopic (exact) mass is 102 g/mol. The van der Waals surface area contributed by atoms with Crippen molar-refractivity contribution in [2.24, 2.45) is 5.73 Å². The van der Waals surface area contributed by atoms with Gasteiger partial charge >= 0.3 is 0 Å². The molecule has 1 aliphatic rings. The Kier molecular flexibility index (Phi) is 1.27. The quantitative estimate of drug-likeness (QED) is 0.332. The second kappa shape index (κ2) is 1.78. The number of aliphatic hydroxyl groups excluding tert-OH is 1. The van der Waals surface area contributed by atoms with E-state index in [-0.39, 0.29) is 0 Å². The van der Waals surface area contributed by atoms with Crippen molar-refractivity contribution >= 4 is 0 Å². The molecule has 3 nitrogen and oxygen atoms in total. The number of nitrogens with zero attached hydrogens (tertiary/aromatic N) is 1. The van der Waals surface area contributed by atoms with Gasteiger partial charge in [0.25, 0.3) is 0 Å². The molecule has 1 unspecified atom stereocenters. The van der Waals surface area contributed by atoms with Gasteiger partial charge in [0, 0.05) is 19.6 Å². The van der Waals surface area contributed by atoms with E-state index in [2.05, 4.69) is 4.90 Å². The Bertz CT molecular complexity index is 60.7. The Morgan fingerprint density at radius 1 is 1.71 bits per heavy atom. The van der Waals surface area contributed by atoms with Gasteiger partial charge in [-0.2, -0.15) is 0 Å². The first-order valence-corrected chi connectivity index (χ1v) is 2.45. The number of aliphatic hydroxyl groups is 1. The summed E-state index contributed by atoms with van der Waals surface area (Å²) < 4.78 is 0. The summed E-state index contributed by atoms with van der Waals surface area (Å²) in [6.45, 7) is 2.85. The molecule has 1 heterocycles. The van der Waals surface area contributed by atoms with Crippen molar-refractivity contribution in [2.45, 2.75) is 6.23 Å². The predicted molar refractivity (Wildman–Crippen MR) is 26.6 cm³/mol. The van der Waals surface area contributed by atoms with Gasteiger partial charge in [0.1, 0.15) is 6.23 Å². The first kappa shape index (κ1) is 5.03. The van der Waals surface area contributed by atoms with Crippen LogP contribution in [0.5, 0.6) is 0 Å². The minimum absolute atomic E-state index is 0.637. The van der Waals surface area contributed by atoms with Gasteiger partial charge in [0.05, 0.1) is 0 Å². The van der Waals surface area contributed by atoms with Crippen molar-refractivity contribution in [3.05, 3.63) is 0 Å². The van der Waals surface area contributed by atoms with E-state index in [9.17, 15) is 0 Å². The molecule has 0 saturated carbocycles. The van der Waals surface area contributed by atoms with Gasteiger partial charge < -0.3 is 10.8 Å². The summed E-state index contributed by atoms with van der Waals surface area (Å²) >= 11 is 0. The molecule has 0 aromatic carbocycles. The predicted octanol–water partition coefficient (Wildman–Crippen LogP) is -1.42. The summed E-state index contributed by atoms with van der Waals surface area (Å²) in [5.41, 5.74) is 5.05. The molecule has 0 aromatic heterocycles. The maximum absolute atomic E-state index is 8.50. The van der Waals surface area contributed by atoms with Gasteiger partial charge in [-0.25, -0.2) is 0 Å². The fourth-order valence-electron chi connectivity index (χ4n) is 0.518. The van der Waals surface area contributed by atoms with Crippen LogP contribution in [0.1, 0.15) is 0 Å². The number of nitrogens with two attached hydrogens (primary N) is 1. The van der Waals surface area contributed by atoms with Crippen LogP contribution in [0.4, 0.5) is 0 Å². The van der Waals surface area contributed by atoms with Crippen LogP contribution in [0.2, 0.25) is 0 Å². The van der Waals surface area contributed by atoms with E-state index in [1.807, 2.05) is 0 Å². The lowest BCUT2D eigenvalue weighted by Crippen LogP contribution is -2.27. The van der Waals surface area contributed by atoms with Crippen LogP contribution in [0.15, 0.2) is 0 Å². The molecule has 0 spiro atoms. The van der Waals surface area contributed by atoms with Gasteiger partial charge in [-0.1, -0.05) is 0 Å². The highest BCUT2D eigenvalue weighted by molar-refractivity contribution is 4.73. The Hall–Kier alpha value is -0.120. The average Bonchev–Trinajstić information content (AvgIpc) is 2.17. The number of hydrogen-bond donors (Lipinski definition) is 2. The molecule has 1 atom stereocenters. The van der Waals surface area contributed by atoms with Crippen LogP contribution >= 0.6 is 0 Å². The molecule has 42 valence electrons. The molecule has 1 saturated heterocycles. The summed E-state index contributed by atoms with van der Waals surface area (Å²) in [7, 11) is 0. The van der Waals surface area contributed by atoms with Gasteiger partial charge in [0.2, 0.25) is 0 Å². The topological polar surface area (TPSA) is 49.3 Å². The zero-order valence-corrected chi connectivity index (χ0v) is 4.17. The van der Waals surface area contributed by atoms with Crippen molar-refractivity contribution in [1.82, 2.24) is 4.90 Å². The van der Waals surface area contributed by atoms with E-state index in [4.69, 9.17) is 10.8 Å². The standard InChI is InChI=1S/C4H10N2O/c5-4(7)3-6-1-2-6/h4,7H,1-3,5H2. The maximum atomic E-state index is 8.50. The molecule has 0 aromatic rings. The molecule has 1 rings (SSSR count). The van der Waals surface area contributed by atoms with Crippen molar-refractivity contribution in [1.29, 1.82) is 0 Å². The Morgan fingerprint density at radius 3 is 2.43 bits per heavy atom. The van der Waals surface area contributed by atoms with Crippen LogP contribution in [0.25, 0.3) is 0 Å². The number of β-amino-alcohol motifs (C(OH)–C–C–N with tert-alkyl or cyclic N) is 1. The smallest absolute Gasteiger partial charge is 0.115 e. The van der Waals surface area contributed by atoms with Crippen LogP contribution in [0, 0.1) is 0 Å². The second-order valence-corrected chi connectivity index (χ2v) is 1.87. The Morgan fingerprint density at radius 2 is 2.29 bits per heavy atom. The molecule has 0 radical (unpaired) electrons. The van der Waals surface area contributed by atoms with Gasteiger partial charge in [0.15, 0.2) is 0 Å². The Balaban J connectivity index is 1.97. The highest BCUT2D eigenvalue weighted by Gasteiger charge is 2.17. The molecular weight excluding hydrogens is 92.1 g/mol. The molecule has 0 amide bonds. The third-order valence-corrected chi connectivity index (χ3v) is 0.985. The highest BCUT2D eigenvalue weighted by atomic mass is 16.3. The van der Waals surface area contributed by atoms with Crippen molar-refractivity contribution in [3.8, 4) is 0 Å². The van der Waals surface area contributed by atoms with Crippen molar-refractivity contribution in [2.75, 3.05) is 19.6 Å². The maximum Gasteiger partial charge on any atom is 0.115 e. The fraction of sp³-hybridized carbons (Fsp3) is 1.00. The molecule has 3 heteroatoms. The number of hydrogen-bond acceptors (Lipinski definition) is 3. The second-order valence-electron chi connectivity index (χ2n) is 1.87. The fourth-order valence-corrected chi connectivity index (χ4v) is 0.518. The molecule has 0 bridgehead atoms.